The van der Waals surface area contributed by atoms with E-state index < -0.39 is 0 Å². The first-order valence-corrected chi connectivity index (χ1v) is 6.34. The Balaban J connectivity index is 3.24. The summed E-state index contributed by atoms with van der Waals surface area (Å²) in [5, 5.41) is 8.99. The van der Waals surface area contributed by atoms with Crippen LogP contribution in [0.2, 0.25) is 0 Å². The van der Waals surface area contributed by atoms with Gasteiger partial charge in [-0.1, -0.05) is 12.2 Å². The lowest BCUT2D eigenvalue weighted by atomic mass is 10.1. The molecule has 0 atom stereocenters. The van der Waals surface area contributed by atoms with Crippen molar-refractivity contribution in [2.45, 2.75) is 13.8 Å². The van der Waals surface area contributed by atoms with Crippen LogP contribution in [0.4, 0.5) is 0 Å². The molecule has 4 nitrogen and oxygen atoms in total. The standard InChI is InChI=1S/C14H16N2O2S/c1-3-17-12-5-6-13(18-4-2)10(8-12)7-11(9-15)14(16)19/h5-8H,3-4H2,1-2H3,(H2,16,19)/b11-7+. The van der Waals surface area contributed by atoms with Crippen LogP contribution in [0.1, 0.15) is 19.4 Å². The molecule has 1 aromatic carbocycles. The molecule has 2 N–H and O–H groups in total. The second-order valence-electron chi connectivity index (χ2n) is 3.60. The van der Waals surface area contributed by atoms with E-state index in [1.165, 1.54) is 0 Å². The molecule has 100 valence electrons. The van der Waals surface area contributed by atoms with Crippen LogP contribution in [-0.2, 0) is 0 Å². The van der Waals surface area contributed by atoms with Crippen LogP contribution in [-0.4, -0.2) is 18.2 Å². The van der Waals surface area contributed by atoms with Crippen molar-refractivity contribution in [3.8, 4) is 17.6 Å². The monoisotopic (exact) mass is 276 g/mol. The molecule has 0 saturated heterocycles. The highest BCUT2D eigenvalue weighted by atomic mass is 32.1. The molecule has 0 unspecified atom stereocenters. The van der Waals surface area contributed by atoms with E-state index in [0.29, 0.717) is 24.7 Å². The molecule has 0 radical (unpaired) electrons. The molecule has 0 fully saturated rings. The van der Waals surface area contributed by atoms with Crippen molar-refractivity contribution in [2.24, 2.45) is 5.73 Å². The highest BCUT2D eigenvalue weighted by Crippen LogP contribution is 2.26. The fourth-order valence-corrected chi connectivity index (χ4v) is 1.60. The van der Waals surface area contributed by atoms with E-state index in [4.69, 9.17) is 32.7 Å². The number of ether oxygens (including phenoxy) is 2. The smallest absolute Gasteiger partial charge is 0.126 e. The van der Waals surface area contributed by atoms with Crippen molar-refractivity contribution in [3.05, 3.63) is 29.3 Å². The Hall–Kier alpha value is -2.06. The van der Waals surface area contributed by atoms with Crippen LogP contribution in [0.15, 0.2) is 23.8 Å². The van der Waals surface area contributed by atoms with Gasteiger partial charge >= 0.3 is 0 Å². The first kappa shape index (κ1) is 15.0. The van der Waals surface area contributed by atoms with Crippen LogP contribution >= 0.6 is 12.2 Å². The third-order valence-corrected chi connectivity index (χ3v) is 2.50. The number of hydrogen-bond acceptors (Lipinski definition) is 4. The number of hydrogen-bond donors (Lipinski definition) is 1. The SMILES string of the molecule is CCOc1ccc(OCC)c(/C=C(\C#N)C(N)=S)c1. The first-order valence-electron chi connectivity index (χ1n) is 5.93. The predicted octanol–water partition coefficient (Wildman–Crippen LogP) is 2.68. The fourth-order valence-electron chi connectivity index (χ4n) is 1.50. The van der Waals surface area contributed by atoms with Crippen molar-refractivity contribution in [3.63, 3.8) is 0 Å². The van der Waals surface area contributed by atoms with E-state index in [2.05, 4.69) is 0 Å². The van der Waals surface area contributed by atoms with E-state index in [0.717, 1.165) is 5.56 Å². The molecule has 0 aliphatic carbocycles. The Bertz CT molecular complexity index is 533. The Morgan fingerprint density at radius 2 is 2.05 bits per heavy atom. The Morgan fingerprint density at radius 3 is 2.58 bits per heavy atom. The maximum absolute atomic E-state index is 8.99. The van der Waals surface area contributed by atoms with Gasteiger partial charge in [0, 0.05) is 5.56 Å². The number of nitriles is 1. The van der Waals surface area contributed by atoms with Crippen molar-refractivity contribution >= 4 is 23.3 Å². The normalized spacial score (nSPS) is 10.7. The van der Waals surface area contributed by atoms with Crippen LogP contribution in [0, 0.1) is 11.3 Å². The second kappa shape index (κ2) is 7.39. The largest absolute Gasteiger partial charge is 0.494 e. The van der Waals surface area contributed by atoms with Gasteiger partial charge in [0.2, 0.25) is 0 Å². The van der Waals surface area contributed by atoms with Gasteiger partial charge < -0.3 is 15.2 Å². The van der Waals surface area contributed by atoms with Crippen LogP contribution in [0.5, 0.6) is 11.5 Å². The van der Waals surface area contributed by atoms with Gasteiger partial charge in [0.15, 0.2) is 0 Å². The van der Waals surface area contributed by atoms with E-state index >= 15 is 0 Å². The summed E-state index contributed by atoms with van der Waals surface area (Å²) in [5.74, 6) is 1.37. The zero-order chi connectivity index (χ0) is 14.3. The summed E-state index contributed by atoms with van der Waals surface area (Å²) in [6.07, 6.45) is 1.61. The van der Waals surface area contributed by atoms with Crippen LogP contribution in [0.3, 0.4) is 0 Å². The highest BCUT2D eigenvalue weighted by molar-refractivity contribution is 7.80. The summed E-state index contributed by atoms with van der Waals surface area (Å²) in [7, 11) is 0. The number of rotatable bonds is 6. The van der Waals surface area contributed by atoms with Gasteiger partial charge in [-0.25, -0.2) is 0 Å². The maximum Gasteiger partial charge on any atom is 0.126 e. The van der Waals surface area contributed by atoms with Crippen molar-refractivity contribution in [2.75, 3.05) is 13.2 Å². The third kappa shape index (κ3) is 4.27. The van der Waals surface area contributed by atoms with Crippen molar-refractivity contribution < 1.29 is 9.47 Å². The number of nitrogens with two attached hydrogens (primary N) is 1. The molecule has 0 heterocycles. The molecule has 5 heteroatoms. The molecule has 0 bridgehead atoms. The number of thiocarbonyl (C=S) groups is 1. The molecule has 1 aromatic rings. The maximum atomic E-state index is 8.99. The quantitative estimate of drug-likeness (QED) is 0.491. The minimum Gasteiger partial charge on any atom is -0.494 e. The number of nitrogens with zero attached hydrogens (tertiary/aromatic N) is 1. The Labute approximate surface area is 118 Å². The minimum atomic E-state index is 0.0618. The van der Waals surface area contributed by atoms with E-state index in [1.54, 1.807) is 18.2 Å². The predicted molar refractivity (Wildman–Crippen MR) is 79.2 cm³/mol. The topological polar surface area (TPSA) is 68.3 Å². The lowest BCUT2D eigenvalue weighted by molar-refractivity contribution is 0.330. The van der Waals surface area contributed by atoms with Crippen LogP contribution in [0.25, 0.3) is 6.08 Å². The number of benzene rings is 1. The van der Waals surface area contributed by atoms with Gasteiger partial charge in [-0.3, -0.25) is 0 Å². The van der Waals surface area contributed by atoms with Crippen molar-refractivity contribution in [1.82, 2.24) is 0 Å². The Kier molecular flexibility index (Phi) is 5.83. The molecule has 19 heavy (non-hydrogen) atoms. The first-order chi connectivity index (χ1) is 9.12. The summed E-state index contributed by atoms with van der Waals surface area (Å²) in [4.78, 5) is 0.0618. The average Bonchev–Trinajstić information content (AvgIpc) is 2.38. The lowest BCUT2D eigenvalue weighted by Gasteiger charge is -2.10. The zero-order valence-electron chi connectivity index (χ0n) is 11.0. The van der Waals surface area contributed by atoms with E-state index in [9.17, 15) is 0 Å². The molecule has 1 rings (SSSR count). The third-order valence-electron chi connectivity index (χ3n) is 2.28. The molecule has 0 aliphatic rings. The van der Waals surface area contributed by atoms with Gasteiger partial charge in [0.05, 0.1) is 18.8 Å². The second-order valence-corrected chi connectivity index (χ2v) is 4.04. The summed E-state index contributed by atoms with van der Waals surface area (Å²) in [6, 6.07) is 7.38. The highest BCUT2D eigenvalue weighted by Gasteiger charge is 2.07. The summed E-state index contributed by atoms with van der Waals surface area (Å²) in [6.45, 7) is 4.89. The van der Waals surface area contributed by atoms with Gasteiger partial charge in [-0.05, 0) is 38.1 Å². The van der Waals surface area contributed by atoms with Gasteiger partial charge in [0.1, 0.15) is 22.6 Å². The van der Waals surface area contributed by atoms with Crippen LogP contribution < -0.4 is 15.2 Å². The molecular weight excluding hydrogens is 260 g/mol. The van der Waals surface area contributed by atoms with E-state index in [1.807, 2.05) is 26.0 Å². The Morgan fingerprint density at radius 1 is 1.37 bits per heavy atom. The summed E-state index contributed by atoms with van der Waals surface area (Å²) in [5.41, 5.74) is 6.44. The molecule has 0 amide bonds. The summed E-state index contributed by atoms with van der Waals surface area (Å²) < 4.78 is 10.9. The van der Waals surface area contributed by atoms with Gasteiger partial charge in [-0.2, -0.15) is 5.26 Å². The van der Waals surface area contributed by atoms with Crippen molar-refractivity contribution in [1.29, 1.82) is 5.26 Å². The molecule has 0 spiro atoms. The fraction of sp³-hybridized carbons (Fsp3) is 0.286. The molecule has 0 saturated carbocycles. The minimum absolute atomic E-state index is 0.0618. The molecule has 0 aliphatic heterocycles. The van der Waals surface area contributed by atoms with E-state index in [-0.39, 0.29) is 10.6 Å². The summed E-state index contributed by atoms with van der Waals surface area (Å²) >= 11 is 4.82. The average molecular weight is 276 g/mol. The zero-order valence-corrected chi connectivity index (χ0v) is 11.8. The lowest BCUT2D eigenvalue weighted by Crippen LogP contribution is -2.09. The van der Waals surface area contributed by atoms with Gasteiger partial charge in [-0.15, -0.1) is 0 Å². The molecular formula is C14H16N2O2S. The van der Waals surface area contributed by atoms with Gasteiger partial charge in [0.25, 0.3) is 0 Å². The molecule has 0 aromatic heterocycles.